The second-order valence-electron chi connectivity index (χ2n) is 6.46. The lowest BCUT2D eigenvalue weighted by molar-refractivity contribution is 0.120. The van der Waals surface area contributed by atoms with Gasteiger partial charge in [0.05, 0.1) is 6.61 Å². The molecule has 2 unspecified atom stereocenters. The van der Waals surface area contributed by atoms with Crippen LogP contribution in [-0.4, -0.2) is 19.3 Å². The molecule has 1 aromatic carbocycles. The molecule has 0 spiro atoms. The van der Waals surface area contributed by atoms with Gasteiger partial charge in [0.2, 0.25) is 0 Å². The maximum absolute atomic E-state index is 5.50. The van der Waals surface area contributed by atoms with E-state index in [1.807, 2.05) is 6.92 Å². The second kappa shape index (κ2) is 7.66. The van der Waals surface area contributed by atoms with Gasteiger partial charge >= 0.3 is 0 Å². The molecular formula is C17H29NO. The lowest BCUT2D eigenvalue weighted by atomic mass is 9.85. The molecule has 2 heteroatoms. The van der Waals surface area contributed by atoms with Gasteiger partial charge in [0.1, 0.15) is 0 Å². The Labute approximate surface area is 118 Å². The fourth-order valence-corrected chi connectivity index (χ4v) is 2.26. The molecule has 1 aromatic rings. The minimum absolute atomic E-state index is 0.304. The smallest absolute Gasteiger partial charge is 0.0616 e. The van der Waals surface area contributed by atoms with Gasteiger partial charge in [-0.15, -0.1) is 0 Å². The Morgan fingerprint density at radius 2 is 1.79 bits per heavy atom. The number of hydrogen-bond donors (Lipinski definition) is 1. The quantitative estimate of drug-likeness (QED) is 0.797. The molecule has 0 aliphatic carbocycles. The van der Waals surface area contributed by atoms with Crippen molar-refractivity contribution in [3.05, 3.63) is 35.9 Å². The molecule has 0 aromatic heterocycles. The minimum Gasteiger partial charge on any atom is -0.380 e. The zero-order valence-electron chi connectivity index (χ0n) is 13.1. The highest BCUT2D eigenvalue weighted by Crippen LogP contribution is 2.29. The summed E-state index contributed by atoms with van der Waals surface area (Å²) in [6.07, 6.45) is 1.12. The van der Waals surface area contributed by atoms with E-state index >= 15 is 0 Å². The van der Waals surface area contributed by atoms with Crippen molar-refractivity contribution in [1.82, 2.24) is 5.32 Å². The minimum atomic E-state index is 0.304. The van der Waals surface area contributed by atoms with E-state index in [0.717, 1.165) is 19.6 Å². The normalized spacial score (nSPS) is 15.2. The van der Waals surface area contributed by atoms with Gasteiger partial charge in [0.25, 0.3) is 0 Å². The fraction of sp³-hybridized carbons (Fsp3) is 0.647. The van der Waals surface area contributed by atoms with Crippen LogP contribution >= 0.6 is 0 Å². The molecule has 0 saturated heterocycles. The van der Waals surface area contributed by atoms with E-state index in [-0.39, 0.29) is 0 Å². The molecule has 108 valence electrons. The van der Waals surface area contributed by atoms with E-state index < -0.39 is 0 Å². The molecule has 0 aliphatic heterocycles. The summed E-state index contributed by atoms with van der Waals surface area (Å²) in [7, 11) is 0. The summed E-state index contributed by atoms with van der Waals surface area (Å²) in [4.78, 5) is 0. The summed E-state index contributed by atoms with van der Waals surface area (Å²) in [6, 6.07) is 11.5. The van der Waals surface area contributed by atoms with Crippen LogP contribution < -0.4 is 5.32 Å². The predicted octanol–water partition coefficient (Wildman–Crippen LogP) is 4.18. The van der Waals surface area contributed by atoms with E-state index in [1.54, 1.807) is 0 Å². The second-order valence-corrected chi connectivity index (χ2v) is 6.46. The molecule has 2 nitrogen and oxygen atoms in total. The van der Waals surface area contributed by atoms with E-state index in [2.05, 4.69) is 63.3 Å². The Balaban J connectivity index is 2.70. The molecule has 1 rings (SSSR count). The first-order valence-electron chi connectivity index (χ1n) is 7.31. The molecule has 0 saturated carbocycles. The monoisotopic (exact) mass is 263 g/mol. The van der Waals surface area contributed by atoms with E-state index in [0.29, 0.717) is 17.5 Å². The van der Waals surface area contributed by atoms with Gasteiger partial charge in [-0.05, 0) is 31.2 Å². The molecule has 19 heavy (non-hydrogen) atoms. The van der Waals surface area contributed by atoms with Gasteiger partial charge in [-0.1, -0.05) is 51.1 Å². The van der Waals surface area contributed by atoms with Crippen molar-refractivity contribution < 1.29 is 4.74 Å². The van der Waals surface area contributed by atoms with Gasteiger partial charge in [-0.2, -0.15) is 0 Å². The molecule has 0 radical (unpaired) electrons. The lowest BCUT2D eigenvalue weighted by Gasteiger charge is -2.29. The third-order valence-corrected chi connectivity index (χ3v) is 3.08. The zero-order valence-corrected chi connectivity index (χ0v) is 13.1. The van der Waals surface area contributed by atoms with Crippen LogP contribution in [0.2, 0.25) is 0 Å². The van der Waals surface area contributed by atoms with Crippen LogP contribution in [0, 0.1) is 5.41 Å². The van der Waals surface area contributed by atoms with Crippen LogP contribution in [-0.2, 0) is 4.74 Å². The molecule has 0 amide bonds. The first-order valence-corrected chi connectivity index (χ1v) is 7.31. The predicted molar refractivity (Wildman–Crippen MR) is 82.3 cm³/mol. The van der Waals surface area contributed by atoms with E-state index in [4.69, 9.17) is 4.74 Å². The van der Waals surface area contributed by atoms with Crippen molar-refractivity contribution >= 4 is 0 Å². The highest BCUT2D eigenvalue weighted by atomic mass is 16.5. The molecule has 0 fully saturated rings. The van der Waals surface area contributed by atoms with Gasteiger partial charge in [-0.25, -0.2) is 0 Å². The summed E-state index contributed by atoms with van der Waals surface area (Å²) >= 11 is 0. The van der Waals surface area contributed by atoms with Gasteiger partial charge in [0, 0.05) is 18.7 Å². The summed E-state index contributed by atoms with van der Waals surface area (Å²) in [5.41, 5.74) is 1.67. The van der Waals surface area contributed by atoms with Gasteiger partial charge in [0.15, 0.2) is 0 Å². The molecule has 0 heterocycles. The Morgan fingerprint density at radius 1 is 1.16 bits per heavy atom. The zero-order chi connectivity index (χ0) is 14.3. The van der Waals surface area contributed by atoms with Crippen LogP contribution in [0.3, 0.4) is 0 Å². The molecule has 1 N–H and O–H groups in total. The van der Waals surface area contributed by atoms with Crippen molar-refractivity contribution in [3.8, 4) is 0 Å². The summed E-state index contributed by atoms with van der Waals surface area (Å²) in [6.45, 7) is 12.6. The highest BCUT2D eigenvalue weighted by Gasteiger charge is 2.21. The average molecular weight is 263 g/mol. The topological polar surface area (TPSA) is 21.3 Å². The number of nitrogens with one attached hydrogen (secondary N) is 1. The first kappa shape index (κ1) is 16.2. The average Bonchev–Trinajstić information content (AvgIpc) is 2.35. The van der Waals surface area contributed by atoms with Crippen LogP contribution in [0.25, 0.3) is 0 Å². The van der Waals surface area contributed by atoms with Gasteiger partial charge < -0.3 is 10.1 Å². The number of rotatable bonds is 7. The molecule has 0 bridgehead atoms. The number of ether oxygens (including phenoxy) is 1. The van der Waals surface area contributed by atoms with E-state index in [9.17, 15) is 0 Å². The van der Waals surface area contributed by atoms with Crippen molar-refractivity contribution in [2.24, 2.45) is 5.41 Å². The largest absolute Gasteiger partial charge is 0.380 e. The summed E-state index contributed by atoms with van der Waals surface area (Å²) in [5, 5.41) is 3.70. The van der Waals surface area contributed by atoms with Gasteiger partial charge in [-0.3, -0.25) is 0 Å². The number of hydrogen-bond acceptors (Lipinski definition) is 2. The summed E-state index contributed by atoms with van der Waals surface area (Å²) < 4.78 is 5.50. The van der Waals surface area contributed by atoms with Crippen molar-refractivity contribution in [2.45, 2.75) is 53.1 Å². The molecule has 0 aliphatic rings. The number of benzene rings is 1. The highest BCUT2D eigenvalue weighted by molar-refractivity contribution is 5.19. The molecular weight excluding hydrogens is 234 g/mol. The Kier molecular flexibility index (Phi) is 6.53. The standard InChI is InChI=1S/C17H29NO/c1-6-19-13-14(2)18-16(12-17(3,4)5)15-10-8-7-9-11-15/h7-11,14,16,18H,6,12-13H2,1-5H3. The lowest BCUT2D eigenvalue weighted by Crippen LogP contribution is -2.36. The molecule has 2 atom stereocenters. The van der Waals surface area contributed by atoms with Crippen molar-refractivity contribution in [3.63, 3.8) is 0 Å². The fourth-order valence-electron chi connectivity index (χ4n) is 2.26. The van der Waals surface area contributed by atoms with Crippen molar-refractivity contribution in [1.29, 1.82) is 0 Å². The van der Waals surface area contributed by atoms with Crippen LogP contribution in [0.1, 0.15) is 52.6 Å². The Hall–Kier alpha value is -0.860. The van der Waals surface area contributed by atoms with Crippen molar-refractivity contribution in [2.75, 3.05) is 13.2 Å². The third kappa shape index (κ3) is 6.74. The van der Waals surface area contributed by atoms with Crippen LogP contribution in [0.4, 0.5) is 0 Å². The Bertz CT molecular complexity index is 342. The van der Waals surface area contributed by atoms with E-state index in [1.165, 1.54) is 5.56 Å². The SMILES string of the molecule is CCOCC(C)NC(CC(C)(C)C)c1ccccc1. The maximum atomic E-state index is 5.50. The first-order chi connectivity index (χ1) is 8.92. The van der Waals surface area contributed by atoms with Crippen LogP contribution in [0.5, 0.6) is 0 Å². The maximum Gasteiger partial charge on any atom is 0.0616 e. The Morgan fingerprint density at radius 3 is 2.32 bits per heavy atom. The van der Waals surface area contributed by atoms with Crippen LogP contribution in [0.15, 0.2) is 30.3 Å². The third-order valence-electron chi connectivity index (χ3n) is 3.08. The summed E-state index contributed by atoms with van der Waals surface area (Å²) in [5.74, 6) is 0.